The molecule has 0 unspecified atom stereocenters. The maximum absolute atomic E-state index is 12.3. The normalized spacial score (nSPS) is 16.5. The summed E-state index contributed by atoms with van der Waals surface area (Å²) in [6.45, 7) is 2.24. The van der Waals surface area contributed by atoms with Crippen LogP contribution in [0.3, 0.4) is 0 Å². The van der Waals surface area contributed by atoms with Crippen LogP contribution in [-0.2, 0) is 4.79 Å². The van der Waals surface area contributed by atoms with Crippen LogP contribution in [0.2, 0.25) is 0 Å². The molecule has 0 atom stereocenters. The Morgan fingerprint density at radius 1 is 1.21 bits per heavy atom. The molecular weight excluding hydrogens is 240 g/mol. The van der Waals surface area contributed by atoms with E-state index in [4.69, 9.17) is 0 Å². The number of hydrogen-bond acceptors (Lipinski definition) is 3. The summed E-state index contributed by atoms with van der Waals surface area (Å²) in [5.74, 6) is 0.104. The van der Waals surface area contributed by atoms with E-state index in [0.717, 1.165) is 24.9 Å². The van der Waals surface area contributed by atoms with Gasteiger partial charge in [0.1, 0.15) is 0 Å². The van der Waals surface area contributed by atoms with Crippen molar-refractivity contribution in [2.24, 2.45) is 5.41 Å². The molecule has 1 aromatic carbocycles. The molecule has 0 aliphatic heterocycles. The molecule has 1 aliphatic carbocycles. The first-order chi connectivity index (χ1) is 9.07. The Bertz CT molecular complexity index is 475. The molecule has 0 aromatic heterocycles. The highest BCUT2D eigenvalue weighted by Crippen LogP contribution is 2.41. The average molecular weight is 260 g/mol. The highest BCUT2D eigenvalue weighted by molar-refractivity contribution is 5.97. The van der Waals surface area contributed by atoms with Crippen molar-refractivity contribution in [3.05, 3.63) is 29.8 Å². The number of ketones is 1. The number of rotatable bonds is 5. The van der Waals surface area contributed by atoms with E-state index in [1.165, 1.54) is 6.92 Å². The van der Waals surface area contributed by atoms with Gasteiger partial charge >= 0.3 is 0 Å². The van der Waals surface area contributed by atoms with E-state index in [9.17, 15) is 9.59 Å². The first kappa shape index (κ1) is 13.7. The third-order valence-corrected chi connectivity index (χ3v) is 3.86. The van der Waals surface area contributed by atoms with Gasteiger partial charge < -0.3 is 10.6 Å². The van der Waals surface area contributed by atoms with Gasteiger partial charge in [0, 0.05) is 17.8 Å². The van der Waals surface area contributed by atoms with Crippen molar-refractivity contribution in [2.75, 3.05) is 18.9 Å². The second kappa shape index (κ2) is 5.53. The number of anilines is 1. The number of Topliss-reactive ketones (excluding diaryl/α,β-unsaturated/α-hetero) is 1. The average Bonchev–Trinajstić information content (AvgIpc) is 2.34. The van der Waals surface area contributed by atoms with Gasteiger partial charge in [0.15, 0.2) is 5.78 Å². The highest BCUT2D eigenvalue weighted by atomic mass is 16.2. The number of amides is 1. The van der Waals surface area contributed by atoms with Crippen molar-refractivity contribution in [2.45, 2.75) is 26.2 Å². The molecule has 1 fully saturated rings. The molecule has 1 aromatic rings. The Labute approximate surface area is 113 Å². The van der Waals surface area contributed by atoms with E-state index in [-0.39, 0.29) is 17.1 Å². The molecular formula is C15H20N2O2. The summed E-state index contributed by atoms with van der Waals surface area (Å²) < 4.78 is 0. The van der Waals surface area contributed by atoms with Gasteiger partial charge in [-0.15, -0.1) is 0 Å². The fourth-order valence-corrected chi connectivity index (χ4v) is 2.48. The zero-order chi connectivity index (χ0) is 13.9. The molecule has 0 bridgehead atoms. The molecule has 2 N–H and O–H groups in total. The first-order valence-electron chi connectivity index (χ1n) is 6.64. The van der Waals surface area contributed by atoms with Crippen LogP contribution in [0.5, 0.6) is 0 Å². The fraction of sp³-hybridized carbons (Fsp3) is 0.467. The van der Waals surface area contributed by atoms with Crippen molar-refractivity contribution in [1.29, 1.82) is 0 Å². The number of carbonyl (C=O) groups excluding carboxylic acids is 2. The van der Waals surface area contributed by atoms with E-state index in [2.05, 4.69) is 10.6 Å². The molecule has 4 heteroatoms. The Hall–Kier alpha value is -1.68. The second-order valence-corrected chi connectivity index (χ2v) is 5.25. The van der Waals surface area contributed by atoms with E-state index in [1.807, 2.05) is 7.05 Å². The molecule has 0 heterocycles. The molecule has 4 nitrogen and oxygen atoms in total. The van der Waals surface area contributed by atoms with Crippen LogP contribution in [0.4, 0.5) is 5.69 Å². The van der Waals surface area contributed by atoms with Crippen LogP contribution in [-0.4, -0.2) is 25.3 Å². The largest absolute Gasteiger partial charge is 0.326 e. The predicted octanol–water partition coefficient (Wildman–Crippen LogP) is 2.22. The third kappa shape index (κ3) is 2.84. The van der Waals surface area contributed by atoms with Crippen LogP contribution in [0.1, 0.15) is 36.5 Å². The van der Waals surface area contributed by atoms with Crippen LogP contribution in [0.15, 0.2) is 24.3 Å². The molecule has 1 aliphatic rings. The van der Waals surface area contributed by atoms with E-state index < -0.39 is 0 Å². The summed E-state index contributed by atoms with van der Waals surface area (Å²) >= 11 is 0. The lowest BCUT2D eigenvalue weighted by molar-refractivity contribution is -0.129. The van der Waals surface area contributed by atoms with E-state index in [1.54, 1.807) is 24.3 Å². The predicted molar refractivity (Wildman–Crippen MR) is 75.3 cm³/mol. The third-order valence-electron chi connectivity index (χ3n) is 3.86. The Balaban J connectivity index is 2.04. The van der Waals surface area contributed by atoms with Crippen molar-refractivity contribution in [3.63, 3.8) is 0 Å². The zero-order valence-corrected chi connectivity index (χ0v) is 11.5. The van der Waals surface area contributed by atoms with Crippen LogP contribution in [0.25, 0.3) is 0 Å². The summed E-state index contributed by atoms with van der Waals surface area (Å²) in [7, 11) is 1.87. The molecule has 0 saturated heterocycles. The van der Waals surface area contributed by atoms with Gasteiger partial charge in [0.2, 0.25) is 5.91 Å². The second-order valence-electron chi connectivity index (χ2n) is 5.25. The first-order valence-corrected chi connectivity index (χ1v) is 6.64. The van der Waals surface area contributed by atoms with Crippen molar-refractivity contribution in [1.82, 2.24) is 5.32 Å². The zero-order valence-electron chi connectivity index (χ0n) is 11.5. The molecule has 1 saturated carbocycles. The summed E-state index contributed by atoms with van der Waals surface area (Å²) in [5.41, 5.74) is 1.15. The lowest BCUT2D eigenvalue weighted by Crippen LogP contribution is -2.48. The lowest BCUT2D eigenvalue weighted by atomic mass is 9.68. The summed E-state index contributed by atoms with van der Waals surface area (Å²) in [5, 5.41) is 6.04. The topological polar surface area (TPSA) is 58.2 Å². The van der Waals surface area contributed by atoms with E-state index in [0.29, 0.717) is 12.1 Å². The minimum Gasteiger partial charge on any atom is -0.326 e. The maximum Gasteiger partial charge on any atom is 0.231 e. The molecule has 0 radical (unpaired) electrons. The standard InChI is InChI=1S/C15H20N2O2/c1-11(18)12-4-6-13(7-5-12)17-14(19)15(10-16-2)8-3-9-15/h4-7,16H,3,8-10H2,1-2H3,(H,17,19). The Morgan fingerprint density at radius 2 is 1.84 bits per heavy atom. The summed E-state index contributed by atoms with van der Waals surface area (Å²) in [6.07, 6.45) is 2.98. The van der Waals surface area contributed by atoms with Crippen molar-refractivity contribution < 1.29 is 9.59 Å². The quantitative estimate of drug-likeness (QED) is 0.798. The molecule has 2 rings (SSSR count). The Morgan fingerprint density at radius 3 is 2.26 bits per heavy atom. The number of benzene rings is 1. The van der Waals surface area contributed by atoms with Crippen LogP contribution < -0.4 is 10.6 Å². The maximum atomic E-state index is 12.3. The van der Waals surface area contributed by atoms with E-state index >= 15 is 0 Å². The van der Waals surface area contributed by atoms with Crippen molar-refractivity contribution >= 4 is 17.4 Å². The van der Waals surface area contributed by atoms with Gasteiger partial charge in [0.05, 0.1) is 5.41 Å². The Kier molecular flexibility index (Phi) is 4.00. The van der Waals surface area contributed by atoms with Crippen molar-refractivity contribution in [3.8, 4) is 0 Å². The van der Waals surface area contributed by atoms with Crippen LogP contribution >= 0.6 is 0 Å². The number of carbonyl (C=O) groups is 2. The van der Waals surface area contributed by atoms with Gasteiger partial charge in [0.25, 0.3) is 0 Å². The van der Waals surface area contributed by atoms with Gasteiger partial charge in [-0.25, -0.2) is 0 Å². The van der Waals surface area contributed by atoms with Crippen LogP contribution in [0, 0.1) is 5.41 Å². The summed E-state index contributed by atoms with van der Waals surface area (Å²) in [4.78, 5) is 23.5. The molecule has 102 valence electrons. The molecule has 0 spiro atoms. The van der Waals surface area contributed by atoms with Gasteiger partial charge in [-0.2, -0.15) is 0 Å². The smallest absolute Gasteiger partial charge is 0.231 e. The SMILES string of the molecule is CNCC1(C(=O)Nc2ccc(C(C)=O)cc2)CCC1. The molecule has 19 heavy (non-hydrogen) atoms. The van der Waals surface area contributed by atoms with Gasteiger partial charge in [-0.3, -0.25) is 9.59 Å². The van der Waals surface area contributed by atoms with Gasteiger partial charge in [-0.05, 0) is 51.1 Å². The number of hydrogen-bond donors (Lipinski definition) is 2. The lowest BCUT2D eigenvalue weighted by Gasteiger charge is -2.40. The highest BCUT2D eigenvalue weighted by Gasteiger charge is 2.43. The molecule has 1 amide bonds. The minimum atomic E-state index is -0.256. The number of nitrogens with one attached hydrogen (secondary N) is 2. The fourth-order valence-electron chi connectivity index (χ4n) is 2.48. The monoisotopic (exact) mass is 260 g/mol. The van der Waals surface area contributed by atoms with Gasteiger partial charge in [-0.1, -0.05) is 6.42 Å². The summed E-state index contributed by atoms with van der Waals surface area (Å²) in [6, 6.07) is 7.04. The minimum absolute atomic E-state index is 0.0310.